The second kappa shape index (κ2) is 4.92. The molecular weight excluding hydrogens is 219 g/mol. The maximum absolute atomic E-state index is 12.9. The summed E-state index contributed by atoms with van der Waals surface area (Å²) in [5, 5.41) is 13.4. The summed E-state index contributed by atoms with van der Waals surface area (Å²) in [6, 6.07) is 4.26. The molecule has 3 nitrogen and oxygen atoms in total. The van der Waals surface area contributed by atoms with Gasteiger partial charge in [0.2, 0.25) is 0 Å². The van der Waals surface area contributed by atoms with Crippen molar-refractivity contribution in [1.82, 2.24) is 0 Å². The summed E-state index contributed by atoms with van der Waals surface area (Å²) in [4.78, 5) is 0. The lowest BCUT2D eigenvalue weighted by molar-refractivity contribution is 0.0167. The number of nitrogens with one attached hydrogen (secondary N) is 1. The van der Waals surface area contributed by atoms with Gasteiger partial charge in [0, 0.05) is 6.54 Å². The third-order valence-corrected chi connectivity index (χ3v) is 3.41. The predicted molar refractivity (Wildman–Crippen MR) is 67.3 cm³/mol. The number of hydrogen-bond acceptors (Lipinski definition) is 3. The van der Waals surface area contributed by atoms with Crippen LogP contribution in [0.2, 0.25) is 0 Å². The zero-order valence-corrected chi connectivity index (χ0v) is 9.88. The van der Waals surface area contributed by atoms with Gasteiger partial charge in [-0.25, -0.2) is 4.39 Å². The number of hydrogen-bond donors (Lipinski definition) is 3. The van der Waals surface area contributed by atoms with Crippen LogP contribution in [-0.4, -0.2) is 17.3 Å². The zero-order chi connectivity index (χ0) is 12.3. The van der Waals surface area contributed by atoms with E-state index >= 15 is 0 Å². The fraction of sp³-hybridized carbons (Fsp3) is 0.538. The summed E-state index contributed by atoms with van der Waals surface area (Å²) in [5.41, 5.74) is 6.12. The molecule has 0 bridgehead atoms. The summed E-state index contributed by atoms with van der Waals surface area (Å²) in [6.45, 7) is 0.475. The van der Waals surface area contributed by atoms with E-state index in [0.717, 1.165) is 25.7 Å². The molecule has 4 heteroatoms. The van der Waals surface area contributed by atoms with Crippen LogP contribution in [0.5, 0.6) is 0 Å². The van der Waals surface area contributed by atoms with Crippen LogP contribution < -0.4 is 11.1 Å². The molecule has 0 amide bonds. The number of halogens is 1. The van der Waals surface area contributed by atoms with Gasteiger partial charge in [0.15, 0.2) is 0 Å². The minimum Gasteiger partial charge on any atom is -0.397 e. The van der Waals surface area contributed by atoms with Gasteiger partial charge >= 0.3 is 0 Å². The fourth-order valence-corrected chi connectivity index (χ4v) is 2.34. The van der Waals surface area contributed by atoms with Gasteiger partial charge < -0.3 is 16.2 Å². The summed E-state index contributed by atoms with van der Waals surface area (Å²) in [6.07, 6.45) is 4.97. The largest absolute Gasteiger partial charge is 0.397 e. The smallest absolute Gasteiger partial charge is 0.125 e. The standard InChI is InChI=1S/C13H19FN2O/c14-10-4-5-12(11(15)8-10)16-9-13(17)6-2-1-3-7-13/h4-5,8,16-17H,1-3,6-7,9,15H2. The second-order valence-corrected chi connectivity index (χ2v) is 4.87. The molecule has 2 rings (SSSR count). The predicted octanol–water partition coefficient (Wildman–Crippen LogP) is 2.52. The molecule has 0 aromatic heterocycles. The van der Waals surface area contributed by atoms with E-state index in [-0.39, 0.29) is 5.82 Å². The molecular formula is C13H19FN2O. The first-order valence-corrected chi connectivity index (χ1v) is 6.10. The molecule has 94 valence electrons. The number of benzene rings is 1. The highest BCUT2D eigenvalue weighted by Gasteiger charge is 2.28. The van der Waals surface area contributed by atoms with Crippen molar-refractivity contribution in [3.63, 3.8) is 0 Å². The maximum Gasteiger partial charge on any atom is 0.125 e. The first kappa shape index (κ1) is 12.2. The molecule has 4 N–H and O–H groups in total. The highest BCUT2D eigenvalue weighted by Crippen LogP contribution is 2.29. The molecule has 1 saturated carbocycles. The SMILES string of the molecule is Nc1cc(F)ccc1NCC1(O)CCCCC1. The maximum atomic E-state index is 12.9. The normalized spacial score (nSPS) is 18.9. The van der Waals surface area contributed by atoms with Gasteiger partial charge in [-0.05, 0) is 31.0 Å². The molecule has 0 atom stereocenters. The van der Waals surface area contributed by atoms with Crippen LogP contribution >= 0.6 is 0 Å². The molecule has 1 aromatic rings. The van der Waals surface area contributed by atoms with Crippen molar-refractivity contribution >= 4 is 11.4 Å². The Kier molecular flexibility index (Phi) is 3.52. The van der Waals surface area contributed by atoms with E-state index in [1.165, 1.54) is 18.6 Å². The molecule has 0 heterocycles. The number of rotatable bonds is 3. The minimum atomic E-state index is -0.640. The monoisotopic (exact) mass is 238 g/mol. The number of nitrogens with two attached hydrogens (primary N) is 1. The quantitative estimate of drug-likeness (QED) is 0.709. The van der Waals surface area contributed by atoms with Crippen molar-refractivity contribution in [1.29, 1.82) is 0 Å². The van der Waals surface area contributed by atoms with Crippen molar-refractivity contribution < 1.29 is 9.50 Å². The Morgan fingerprint density at radius 3 is 2.65 bits per heavy atom. The lowest BCUT2D eigenvalue weighted by Crippen LogP contribution is -2.38. The van der Waals surface area contributed by atoms with E-state index in [1.807, 2.05) is 0 Å². The van der Waals surface area contributed by atoms with E-state index < -0.39 is 5.60 Å². The van der Waals surface area contributed by atoms with Gasteiger partial charge in [0.05, 0.1) is 17.0 Å². The number of aliphatic hydroxyl groups is 1. The van der Waals surface area contributed by atoms with Gasteiger partial charge in [-0.15, -0.1) is 0 Å². The van der Waals surface area contributed by atoms with Crippen molar-refractivity contribution in [2.75, 3.05) is 17.6 Å². The van der Waals surface area contributed by atoms with Crippen LogP contribution in [-0.2, 0) is 0 Å². The highest BCUT2D eigenvalue weighted by atomic mass is 19.1. The van der Waals surface area contributed by atoms with Gasteiger partial charge in [0.1, 0.15) is 5.82 Å². The average Bonchev–Trinajstić information content (AvgIpc) is 2.29. The fourth-order valence-electron chi connectivity index (χ4n) is 2.34. The zero-order valence-electron chi connectivity index (χ0n) is 9.88. The van der Waals surface area contributed by atoms with E-state index in [9.17, 15) is 9.50 Å². The van der Waals surface area contributed by atoms with Crippen molar-refractivity contribution in [3.8, 4) is 0 Å². The highest BCUT2D eigenvalue weighted by molar-refractivity contribution is 5.65. The van der Waals surface area contributed by atoms with Crippen LogP contribution in [0.15, 0.2) is 18.2 Å². The van der Waals surface area contributed by atoms with Gasteiger partial charge in [-0.1, -0.05) is 19.3 Å². The van der Waals surface area contributed by atoms with E-state index in [4.69, 9.17) is 5.73 Å². The second-order valence-electron chi connectivity index (χ2n) is 4.87. The van der Waals surface area contributed by atoms with Gasteiger partial charge in [0.25, 0.3) is 0 Å². The van der Waals surface area contributed by atoms with Gasteiger partial charge in [-0.2, -0.15) is 0 Å². The van der Waals surface area contributed by atoms with Crippen LogP contribution in [0.3, 0.4) is 0 Å². The Labute approximate surface area is 101 Å². The molecule has 0 unspecified atom stereocenters. The summed E-state index contributed by atoms with van der Waals surface area (Å²) < 4.78 is 12.9. The molecule has 0 aliphatic heterocycles. The molecule has 0 spiro atoms. The lowest BCUT2D eigenvalue weighted by Gasteiger charge is -2.32. The molecule has 1 fully saturated rings. The van der Waals surface area contributed by atoms with Crippen molar-refractivity contribution in [2.24, 2.45) is 0 Å². The lowest BCUT2D eigenvalue weighted by atomic mass is 9.85. The van der Waals surface area contributed by atoms with E-state index in [0.29, 0.717) is 17.9 Å². The van der Waals surface area contributed by atoms with Crippen LogP contribution in [0.1, 0.15) is 32.1 Å². The summed E-state index contributed by atoms with van der Waals surface area (Å²) in [5.74, 6) is -0.343. The van der Waals surface area contributed by atoms with E-state index in [2.05, 4.69) is 5.32 Å². The topological polar surface area (TPSA) is 58.3 Å². The Balaban J connectivity index is 1.97. The number of anilines is 2. The molecule has 1 aromatic carbocycles. The number of nitrogen functional groups attached to an aromatic ring is 1. The third kappa shape index (κ3) is 3.09. The van der Waals surface area contributed by atoms with Gasteiger partial charge in [-0.3, -0.25) is 0 Å². The average molecular weight is 238 g/mol. The van der Waals surface area contributed by atoms with Crippen LogP contribution in [0, 0.1) is 5.82 Å². The molecule has 17 heavy (non-hydrogen) atoms. The summed E-state index contributed by atoms with van der Waals surface area (Å²) in [7, 11) is 0. The Hall–Kier alpha value is -1.29. The Morgan fingerprint density at radius 2 is 2.00 bits per heavy atom. The Bertz CT molecular complexity index is 389. The van der Waals surface area contributed by atoms with E-state index in [1.54, 1.807) is 6.07 Å². The molecule has 1 aliphatic rings. The first-order chi connectivity index (χ1) is 8.09. The van der Waals surface area contributed by atoms with Crippen molar-refractivity contribution in [2.45, 2.75) is 37.7 Å². The van der Waals surface area contributed by atoms with Crippen LogP contribution in [0.25, 0.3) is 0 Å². The minimum absolute atomic E-state index is 0.343. The Morgan fingerprint density at radius 1 is 1.29 bits per heavy atom. The first-order valence-electron chi connectivity index (χ1n) is 6.10. The molecule has 0 saturated heterocycles. The van der Waals surface area contributed by atoms with Crippen molar-refractivity contribution in [3.05, 3.63) is 24.0 Å². The summed E-state index contributed by atoms with van der Waals surface area (Å²) >= 11 is 0. The molecule has 1 aliphatic carbocycles. The third-order valence-electron chi connectivity index (χ3n) is 3.41. The molecule has 0 radical (unpaired) electrons. The van der Waals surface area contributed by atoms with Crippen LogP contribution in [0.4, 0.5) is 15.8 Å².